The van der Waals surface area contributed by atoms with Crippen LogP contribution in [0.4, 0.5) is 0 Å². The lowest BCUT2D eigenvalue weighted by molar-refractivity contribution is 1.23. The second-order valence-corrected chi connectivity index (χ2v) is 3.60. The quantitative estimate of drug-likeness (QED) is 0.615. The lowest BCUT2D eigenvalue weighted by Gasteiger charge is -2.10. The Morgan fingerprint density at radius 1 is 1.60 bits per heavy atom. The van der Waals surface area contributed by atoms with Crippen molar-refractivity contribution >= 4 is 22.6 Å². The van der Waals surface area contributed by atoms with E-state index in [9.17, 15) is 0 Å². The van der Waals surface area contributed by atoms with E-state index in [2.05, 4.69) is 15.3 Å². The first-order valence-electron chi connectivity index (χ1n) is 4.66. The molecule has 0 radical (unpaired) electrons. The van der Waals surface area contributed by atoms with Crippen molar-refractivity contribution in [2.75, 3.05) is 13.3 Å². The fraction of sp³-hybridized carbons (Fsp3) is 0.273. The van der Waals surface area contributed by atoms with E-state index in [-0.39, 0.29) is 0 Å². The molecule has 1 rings (SSSR count). The number of allylic oxidation sites excluding steroid dienone is 1. The van der Waals surface area contributed by atoms with E-state index in [0.717, 1.165) is 16.4 Å². The molecule has 3 nitrogen and oxygen atoms in total. The summed E-state index contributed by atoms with van der Waals surface area (Å²) >= 11 is 1.59. The van der Waals surface area contributed by atoms with Crippen molar-refractivity contribution in [2.45, 2.75) is 6.92 Å². The zero-order chi connectivity index (χ0) is 11.1. The van der Waals surface area contributed by atoms with Crippen molar-refractivity contribution in [3.8, 4) is 0 Å². The lowest BCUT2D eigenvalue weighted by atomic mass is 10.2. The van der Waals surface area contributed by atoms with Gasteiger partial charge in [-0.2, -0.15) is 0 Å². The van der Waals surface area contributed by atoms with Crippen molar-refractivity contribution in [3.05, 3.63) is 36.2 Å². The fourth-order valence-electron chi connectivity index (χ4n) is 1.15. The molecule has 0 amide bonds. The number of pyridine rings is 1. The monoisotopic (exact) mass is 221 g/mol. The SMILES string of the molecule is C/C=C(\NC(=NC)SC)c1cccnc1. The van der Waals surface area contributed by atoms with Gasteiger partial charge >= 0.3 is 0 Å². The van der Waals surface area contributed by atoms with E-state index in [0.29, 0.717) is 0 Å². The average Bonchev–Trinajstić information content (AvgIpc) is 2.32. The number of rotatable bonds is 2. The van der Waals surface area contributed by atoms with E-state index in [1.54, 1.807) is 25.0 Å². The van der Waals surface area contributed by atoms with Crippen LogP contribution >= 0.6 is 11.8 Å². The van der Waals surface area contributed by atoms with Crippen molar-refractivity contribution in [3.63, 3.8) is 0 Å². The standard InChI is InChI=1S/C11H15N3S/c1-4-10(14-11(12-2)15-3)9-6-5-7-13-8-9/h4-8H,1-3H3,(H,12,14)/b10-4-. The van der Waals surface area contributed by atoms with Gasteiger partial charge in [-0.3, -0.25) is 9.98 Å². The number of hydrogen-bond donors (Lipinski definition) is 1. The Bertz CT molecular complexity index is 357. The summed E-state index contributed by atoms with van der Waals surface area (Å²) in [5.74, 6) is 0. The van der Waals surface area contributed by atoms with Gasteiger partial charge < -0.3 is 5.32 Å². The third-order valence-electron chi connectivity index (χ3n) is 1.90. The van der Waals surface area contributed by atoms with Gasteiger partial charge in [0.1, 0.15) is 0 Å². The van der Waals surface area contributed by atoms with Crippen LogP contribution in [0.2, 0.25) is 0 Å². The molecular weight excluding hydrogens is 206 g/mol. The molecule has 15 heavy (non-hydrogen) atoms. The van der Waals surface area contributed by atoms with Crippen LogP contribution in [-0.2, 0) is 0 Å². The molecule has 1 aromatic heterocycles. The maximum Gasteiger partial charge on any atom is 0.160 e. The lowest BCUT2D eigenvalue weighted by Crippen LogP contribution is -2.18. The number of nitrogens with zero attached hydrogens (tertiary/aromatic N) is 2. The molecule has 0 saturated carbocycles. The Kier molecular flexibility index (Phi) is 4.90. The van der Waals surface area contributed by atoms with Crippen molar-refractivity contribution < 1.29 is 0 Å². The minimum atomic E-state index is 0.895. The average molecular weight is 221 g/mol. The van der Waals surface area contributed by atoms with Gasteiger partial charge in [-0.1, -0.05) is 17.8 Å². The van der Waals surface area contributed by atoms with Gasteiger partial charge in [0.2, 0.25) is 0 Å². The van der Waals surface area contributed by atoms with Crippen molar-refractivity contribution in [1.29, 1.82) is 0 Å². The van der Waals surface area contributed by atoms with Gasteiger partial charge in [0.15, 0.2) is 5.17 Å². The van der Waals surface area contributed by atoms with Gasteiger partial charge in [0.05, 0.1) is 0 Å². The van der Waals surface area contributed by atoms with E-state index < -0.39 is 0 Å². The van der Waals surface area contributed by atoms with Crippen LogP contribution in [0.15, 0.2) is 35.6 Å². The third-order valence-corrected chi connectivity index (χ3v) is 2.57. The molecule has 0 unspecified atom stereocenters. The molecule has 0 aliphatic carbocycles. The van der Waals surface area contributed by atoms with Crippen LogP contribution in [0.5, 0.6) is 0 Å². The van der Waals surface area contributed by atoms with E-state index in [1.807, 2.05) is 37.6 Å². The molecule has 1 heterocycles. The summed E-state index contributed by atoms with van der Waals surface area (Å²) in [4.78, 5) is 8.21. The Labute approximate surface area is 94.7 Å². The predicted molar refractivity (Wildman–Crippen MR) is 67.9 cm³/mol. The number of aliphatic imine (C=N–C) groups is 1. The molecule has 0 fully saturated rings. The normalized spacial score (nSPS) is 12.7. The largest absolute Gasteiger partial charge is 0.335 e. The first-order chi connectivity index (χ1) is 7.31. The molecule has 4 heteroatoms. The second-order valence-electron chi connectivity index (χ2n) is 2.80. The third kappa shape index (κ3) is 3.40. The Morgan fingerprint density at radius 2 is 2.40 bits per heavy atom. The summed E-state index contributed by atoms with van der Waals surface area (Å²) in [6.45, 7) is 1.99. The number of nitrogens with one attached hydrogen (secondary N) is 1. The van der Waals surface area contributed by atoms with Crippen LogP contribution in [0.1, 0.15) is 12.5 Å². The molecule has 1 aromatic rings. The highest BCUT2D eigenvalue weighted by atomic mass is 32.2. The summed E-state index contributed by atoms with van der Waals surface area (Å²) in [6, 6.07) is 3.94. The predicted octanol–water partition coefficient (Wildman–Crippen LogP) is 2.38. The summed E-state index contributed by atoms with van der Waals surface area (Å²) in [6.07, 6.45) is 7.60. The van der Waals surface area contributed by atoms with E-state index in [4.69, 9.17) is 0 Å². The molecule has 1 N–H and O–H groups in total. The fourth-order valence-corrected chi connectivity index (χ4v) is 1.54. The molecular formula is C11H15N3S. The molecule has 0 saturated heterocycles. The van der Waals surface area contributed by atoms with Gasteiger partial charge in [-0.15, -0.1) is 0 Å². The first kappa shape index (κ1) is 11.8. The highest BCUT2D eigenvalue weighted by Gasteiger charge is 2.02. The summed E-state index contributed by atoms with van der Waals surface area (Å²) in [5.41, 5.74) is 2.09. The smallest absolute Gasteiger partial charge is 0.160 e. The zero-order valence-electron chi connectivity index (χ0n) is 9.19. The minimum absolute atomic E-state index is 0.895. The van der Waals surface area contributed by atoms with Crippen molar-refractivity contribution in [1.82, 2.24) is 10.3 Å². The number of amidine groups is 1. The first-order valence-corrected chi connectivity index (χ1v) is 5.88. The topological polar surface area (TPSA) is 37.3 Å². The number of aromatic nitrogens is 1. The van der Waals surface area contributed by atoms with Crippen LogP contribution in [-0.4, -0.2) is 23.5 Å². The Hall–Kier alpha value is -1.29. The minimum Gasteiger partial charge on any atom is -0.335 e. The maximum absolute atomic E-state index is 4.13. The van der Waals surface area contributed by atoms with E-state index in [1.165, 1.54) is 0 Å². The molecule has 0 aliphatic rings. The molecule has 0 spiro atoms. The number of hydrogen-bond acceptors (Lipinski definition) is 3. The highest BCUT2D eigenvalue weighted by Crippen LogP contribution is 2.10. The van der Waals surface area contributed by atoms with Gasteiger partial charge in [-0.05, 0) is 25.3 Å². The molecule has 0 bridgehead atoms. The Balaban J connectivity index is 2.83. The van der Waals surface area contributed by atoms with Crippen molar-refractivity contribution in [2.24, 2.45) is 4.99 Å². The van der Waals surface area contributed by atoms with Crippen LogP contribution < -0.4 is 5.32 Å². The Morgan fingerprint density at radius 3 is 2.87 bits per heavy atom. The molecule has 0 atom stereocenters. The van der Waals surface area contributed by atoms with Gasteiger partial charge in [-0.25, -0.2) is 0 Å². The highest BCUT2D eigenvalue weighted by molar-refractivity contribution is 8.13. The summed E-state index contributed by atoms with van der Waals surface area (Å²) in [7, 11) is 1.77. The zero-order valence-corrected chi connectivity index (χ0v) is 10.0. The molecule has 80 valence electrons. The van der Waals surface area contributed by atoms with Crippen LogP contribution in [0.3, 0.4) is 0 Å². The summed E-state index contributed by atoms with van der Waals surface area (Å²) < 4.78 is 0. The number of thioether (sulfide) groups is 1. The second kappa shape index (κ2) is 6.24. The molecule has 0 aliphatic heterocycles. The summed E-state index contributed by atoms with van der Waals surface area (Å²) in [5, 5.41) is 4.15. The van der Waals surface area contributed by atoms with Crippen LogP contribution in [0, 0.1) is 0 Å². The molecule has 0 aromatic carbocycles. The van der Waals surface area contributed by atoms with Gasteiger partial charge in [0.25, 0.3) is 0 Å². The van der Waals surface area contributed by atoms with E-state index >= 15 is 0 Å². The van der Waals surface area contributed by atoms with Gasteiger partial charge in [0, 0.05) is 30.7 Å². The van der Waals surface area contributed by atoms with Crippen LogP contribution in [0.25, 0.3) is 5.70 Å². The maximum atomic E-state index is 4.13.